The molecular weight excluding hydrogens is 283 g/mol. The lowest BCUT2D eigenvalue weighted by Crippen LogP contribution is -2.09. The van der Waals surface area contributed by atoms with Gasteiger partial charge in [0.05, 0.1) is 6.61 Å². The van der Waals surface area contributed by atoms with Gasteiger partial charge in [-0.05, 0) is 19.1 Å². The molecule has 0 heterocycles. The molecular formula is C13H15O6P. The van der Waals surface area contributed by atoms with E-state index in [0.717, 1.165) is 0 Å². The van der Waals surface area contributed by atoms with Gasteiger partial charge in [-0.15, -0.1) is 6.58 Å². The SMILES string of the molecule is C=CCOP(=O)(OOC(=O)C(=C)C)Oc1ccccc1. The van der Waals surface area contributed by atoms with Gasteiger partial charge in [0.25, 0.3) is 0 Å². The summed E-state index contributed by atoms with van der Waals surface area (Å²) in [5.41, 5.74) is 0.0833. The lowest BCUT2D eigenvalue weighted by atomic mass is 10.3. The predicted octanol–water partition coefficient (Wildman–Crippen LogP) is 3.43. The maximum atomic E-state index is 12.2. The summed E-state index contributed by atoms with van der Waals surface area (Å²) in [6, 6.07) is 8.20. The molecule has 0 saturated heterocycles. The minimum absolute atomic E-state index is 0.0833. The maximum Gasteiger partial charge on any atom is 0.567 e. The first-order chi connectivity index (χ1) is 9.47. The van der Waals surface area contributed by atoms with Crippen molar-refractivity contribution in [3.8, 4) is 5.75 Å². The molecule has 0 aliphatic heterocycles. The number of hydrogen-bond acceptors (Lipinski definition) is 6. The molecule has 0 aromatic heterocycles. The number of hydrogen-bond donors (Lipinski definition) is 0. The van der Waals surface area contributed by atoms with Crippen molar-refractivity contribution < 1.29 is 28.0 Å². The Morgan fingerprint density at radius 1 is 1.35 bits per heavy atom. The quantitative estimate of drug-likeness (QED) is 0.241. The molecule has 0 N–H and O–H groups in total. The van der Waals surface area contributed by atoms with Gasteiger partial charge in [0.2, 0.25) is 0 Å². The van der Waals surface area contributed by atoms with Gasteiger partial charge >= 0.3 is 13.8 Å². The van der Waals surface area contributed by atoms with Crippen molar-refractivity contribution in [3.05, 3.63) is 55.1 Å². The van der Waals surface area contributed by atoms with Crippen molar-refractivity contribution in [1.29, 1.82) is 0 Å². The Bertz CT molecular complexity index is 525. The highest BCUT2D eigenvalue weighted by molar-refractivity contribution is 7.48. The lowest BCUT2D eigenvalue weighted by molar-refractivity contribution is -0.217. The molecule has 1 aromatic rings. The molecule has 1 unspecified atom stereocenters. The smallest absolute Gasteiger partial charge is 0.402 e. The zero-order valence-corrected chi connectivity index (χ0v) is 11.9. The normalized spacial score (nSPS) is 13.1. The van der Waals surface area contributed by atoms with Crippen LogP contribution in [0.3, 0.4) is 0 Å². The molecule has 1 aromatic carbocycles. The van der Waals surface area contributed by atoms with Crippen LogP contribution in [0, 0.1) is 0 Å². The monoisotopic (exact) mass is 298 g/mol. The summed E-state index contributed by atoms with van der Waals surface area (Å²) < 4.78 is 26.7. The molecule has 108 valence electrons. The van der Waals surface area contributed by atoms with Crippen LogP contribution in [0.15, 0.2) is 55.1 Å². The van der Waals surface area contributed by atoms with Gasteiger partial charge in [-0.3, -0.25) is 9.41 Å². The summed E-state index contributed by atoms with van der Waals surface area (Å²) in [4.78, 5) is 15.6. The summed E-state index contributed by atoms with van der Waals surface area (Å²) in [6.45, 7) is 8.09. The molecule has 0 radical (unpaired) electrons. The lowest BCUT2D eigenvalue weighted by Gasteiger charge is -2.16. The van der Waals surface area contributed by atoms with Gasteiger partial charge in [0.15, 0.2) is 0 Å². The van der Waals surface area contributed by atoms with Crippen LogP contribution in [0.2, 0.25) is 0 Å². The van der Waals surface area contributed by atoms with Crippen molar-refractivity contribution in [1.82, 2.24) is 0 Å². The zero-order chi connectivity index (χ0) is 15.0. The molecule has 1 atom stereocenters. The van der Waals surface area contributed by atoms with E-state index in [4.69, 9.17) is 9.05 Å². The van der Waals surface area contributed by atoms with Crippen molar-refractivity contribution in [2.24, 2.45) is 0 Å². The van der Waals surface area contributed by atoms with E-state index >= 15 is 0 Å². The third-order valence-corrected chi connectivity index (χ3v) is 3.02. The second kappa shape index (κ2) is 7.65. The van der Waals surface area contributed by atoms with Crippen LogP contribution in [0.25, 0.3) is 0 Å². The highest BCUT2D eigenvalue weighted by Crippen LogP contribution is 2.49. The highest BCUT2D eigenvalue weighted by atomic mass is 31.2. The number of carbonyl (C=O) groups excluding carboxylic acids is 1. The number of carbonyl (C=O) groups is 1. The number of benzene rings is 1. The second-order valence-electron chi connectivity index (χ2n) is 3.66. The van der Waals surface area contributed by atoms with E-state index in [1.54, 1.807) is 30.3 Å². The molecule has 0 saturated carbocycles. The van der Waals surface area contributed by atoms with E-state index in [0.29, 0.717) is 0 Å². The first kappa shape index (κ1) is 16.2. The second-order valence-corrected chi connectivity index (χ2v) is 5.15. The van der Waals surface area contributed by atoms with Crippen LogP contribution in [-0.4, -0.2) is 12.6 Å². The van der Waals surface area contributed by atoms with Gasteiger partial charge in [-0.25, -0.2) is 9.36 Å². The Morgan fingerprint density at radius 2 is 2.00 bits per heavy atom. The molecule has 1 rings (SSSR count). The van der Waals surface area contributed by atoms with E-state index in [-0.39, 0.29) is 17.9 Å². The van der Waals surface area contributed by atoms with Gasteiger partial charge < -0.3 is 4.52 Å². The minimum atomic E-state index is -4.11. The van der Waals surface area contributed by atoms with Crippen LogP contribution in [0.1, 0.15) is 6.92 Å². The maximum absolute atomic E-state index is 12.2. The summed E-state index contributed by atoms with van der Waals surface area (Å²) in [5.74, 6) is -0.629. The molecule has 0 amide bonds. The molecule has 0 bridgehead atoms. The fourth-order valence-corrected chi connectivity index (χ4v) is 1.92. The van der Waals surface area contributed by atoms with E-state index in [2.05, 4.69) is 22.7 Å². The Balaban J connectivity index is 2.75. The average Bonchev–Trinajstić information content (AvgIpc) is 2.43. The number of phosphoric ester groups is 1. The summed E-state index contributed by atoms with van der Waals surface area (Å²) in [7, 11) is -4.11. The van der Waals surface area contributed by atoms with E-state index in [1.165, 1.54) is 13.0 Å². The van der Waals surface area contributed by atoms with E-state index in [1.807, 2.05) is 0 Å². The molecule has 20 heavy (non-hydrogen) atoms. The van der Waals surface area contributed by atoms with E-state index in [9.17, 15) is 9.36 Å². The molecule has 0 aliphatic carbocycles. The summed E-state index contributed by atoms with van der Waals surface area (Å²) in [5, 5.41) is 0. The summed E-state index contributed by atoms with van der Waals surface area (Å²) in [6.07, 6.45) is 1.35. The molecule has 0 spiro atoms. The first-order valence-electron chi connectivity index (χ1n) is 5.63. The van der Waals surface area contributed by atoms with Gasteiger partial charge in [-0.1, -0.05) is 35.5 Å². The topological polar surface area (TPSA) is 71.1 Å². The first-order valence-corrected chi connectivity index (χ1v) is 7.09. The third kappa shape index (κ3) is 5.40. The largest absolute Gasteiger partial charge is 0.567 e. The van der Waals surface area contributed by atoms with Gasteiger partial charge in [0, 0.05) is 5.57 Å². The number of phosphoric acid groups is 1. The van der Waals surface area contributed by atoms with Gasteiger partial charge in [-0.2, -0.15) is 0 Å². The fourth-order valence-electron chi connectivity index (χ4n) is 0.968. The van der Waals surface area contributed by atoms with Crippen molar-refractivity contribution in [2.75, 3.05) is 6.61 Å². The molecule has 0 aliphatic rings. The minimum Gasteiger partial charge on any atom is -0.402 e. The average molecular weight is 298 g/mol. The number of rotatable bonds is 8. The Labute approximate surface area is 117 Å². The van der Waals surface area contributed by atoms with Crippen LogP contribution >= 0.6 is 7.82 Å². The third-order valence-electron chi connectivity index (χ3n) is 1.86. The Kier molecular flexibility index (Phi) is 6.18. The van der Waals surface area contributed by atoms with Crippen molar-refractivity contribution >= 4 is 13.8 Å². The van der Waals surface area contributed by atoms with Crippen LogP contribution in [-0.2, 0) is 23.4 Å². The Morgan fingerprint density at radius 3 is 2.55 bits per heavy atom. The molecule has 7 heteroatoms. The van der Waals surface area contributed by atoms with Crippen LogP contribution in [0.5, 0.6) is 5.75 Å². The standard InChI is InChI=1S/C13H15O6P/c1-4-10-16-20(15,19-17-13(14)11(2)3)18-12-8-6-5-7-9-12/h4-9H,1-2,10H2,3H3. The van der Waals surface area contributed by atoms with E-state index < -0.39 is 13.8 Å². The molecule has 6 nitrogen and oxygen atoms in total. The summed E-state index contributed by atoms with van der Waals surface area (Å²) >= 11 is 0. The highest BCUT2D eigenvalue weighted by Gasteiger charge is 2.32. The van der Waals surface area contributed by atoms with Crippen molar-refractivity contribution in [3.63, 3.8) is 0 Å². The zero-order valence-electron chi connectivity index (χ0n) is 11.0. The number of para-hydroxylation sites is 1. The molecule has 0 fully saturated rings. The fraction of sp³-hybridized carbons (Fsp3) is 0.154. The van der Waals surface area contributed by atoms with Crippen LogP contribution in [0.4, 0.5) is 0 Å². The van der Waals surface area contributed by atoms with Gasteiger partial charge in [0.1, 0.15) is 5.75 Å². The van der Waals surface area contributed by atoms with Crippen LogP contribution < -0.4 is 4.52 Å². The predicted molar refractivity (Wildman–Crippen MR) is 72.8 cm³/mol. The Hall–Kier alpha value is -1.88. The van der Waals surface area contributed by atoms with Crippen molar-refractivity contribution in [2.45, 2.75) is 6.92 Å².